The average molecular weight is 333 g/mol. The number of hydrogen-bond donors (Lipinski definition) is 2. The fourth-order valence-corrected chi connectivity index (χ4v) is 2.18. The zero-order chi connectivity index (χ0) is 16.8. The molecular weight excluding hydrogens is 316 g/mol. The molecule has 0 saturated carbocycles. The maximum absolute atomic E-state index is 12.2. The molecule has 0 fully saturated rings. The smallest absolute Gasteiger partial charge is 0.310 e. The summed E-state index contributed by atoms with van der Waals surface area (Å²) in [6.07, 6.45) is 0.198. The van der Waals surface area contributed by atoms with Crippen molar-refractivity contribution in [3.05, 3.63) is 58.6 Å². The lowest BCUT2D eigenvalue weighted by Gasteiger charge is -2.09. The number of halogens is 1. The van der Waals surface area contributed by atoms with Crippen molar-refractivity contribution >= 4 is 34.9 Å². The molecule has 0 bridgehead atoms. The number of benzene rings is 2. The summed E-state index contributed by atoms with van der Waals surface area (Å²) in [7, 11) is 0. The van der Waals surface area contributed by atoms with E-state index in [2.05, 4.69) is 5.32 Å². The molecule has 1 amide bonds. The Morgan fingerprint density at radius 1 is 1.17 bits per heavy atom. The maximum atomic E-state index is 12.2. The zero-order valence-electron chi connectivity index (χ0n) is 12.6. The van der Waals surface area contributed by atoms with Crippen LogP contribution < -0.4 is 11.1 Å². The van der Waals surface area contributed by atoms with Gasteiger partial charge in [0.1, 0.15) is 0 Å². The van der Waals surface area contributed by atoms with Crippen LogP contribution in [0.2, 0.25) is 5.02 Å². The van der Waals surface area contributed by atoms with Crippen molar-refractivity contribution in [1.82, 2.24) is 0 Å². The third-order valence-corrected chi connectivity index (χ3v) is 3.36. The second kappa shape index (κ2) is 7.65. The van der Waals surface area contributed by atoms with E-state index in [0.717, 1.165) is 5.56 Å². The fraction of sp³-hybridized carbons (Fsp3) is 0.176. The summed E-state index contributed by atoms with van der Waals surface area (Å²) in [5.41, 5.74) is 7.85. The minimum Gasteiger partial charge on any atom is -0.466 e. The molecule has 0 unspecified atom stereocenters. The molecule has 0 aliphatic heterocycles. The zero-order valence-corrected chi connectivity index (χ0v) is 13.4. The summed E-state index contributed by atoms with van der Waals surface area (Å²) >= 11 is 5.88. The molecule has 0 radical (unpaired) electrons. The molecule has 3 N–H and O–H groups in total. The first-order chi connectivity index (χ1) is 11.0. The van der Waals surface area contributed by atoms with E-state index >= 15 is 0 Å². The minimum absolute atomic E-state index is 0.198. The largest absolute Gasteiger partial charge is 0.466 e. The summed E-state index contributed by atoms with van der Waals surface area (Å²) < 4.78 is 4.89. The Kier molecular flexibility index (Phi) is 5.60. The number of nitrogens with two attached hydrogens (primary N) is 1. The SMILES string of the molecule is CCOC(=O)Cc1ccc(NC(=O)c2cc(Cl)ccc2N)cc1. The molecule has 0 spiro atoms. The third kappa shape index (κ3) is 4.72. The highest BCUT2D eigenvalue weighted by molar-refractivity contribution is 6.31. The third-order valence-electron chi connectivity index (χ3n) is 3.13. The summed E-state index contributed by atoms with van der Waals surface area (Å²) in [4.78, 5) is 23.6. The van der Waals surface area contributed by atoms with Crippen LogP contribution in [0.15, 0.2) is 42.5 Å². The minimum atomic E-state index is -0.344. The highest BCUT2D eigenvalue weighted by atomic mass is 35.5. The number of amides is 1. The average Bonchev–Trinajstić information content (AvgIpc) is 2.52. The van der Waals surface area contributed by atoms with Crippen molar-refractivity contribution in [2.75, 3.05) is 17.7 Å². The lowest BCUT2D eigenvalue weighted by atomic mass is 10.1. The number of ether oxygens (including phenoxy) is 1. The Morgan fingerprint density at radius 2 is 1.87 bits per heavy atom. The molecule has 0 atom stereocenters. The topological polar surface area (TPSA) is 81.4 Å². The number of carbonyl (C=O) groups excluding carboxylic acids is 2. The van der Waals surface area contributed by atoms with Crippen molar-refractivity contribution in [3.8, 4) is 0 Å². The van der Waals surface area contributed by atoms with E-state index in [9.17, 15) is 9.59 Å². The van der Waals surface area contributed by atoms with Gasteiger partial charge in [-0.25, -0.2) is 0 Å². The van der Waals surface area contributed by atoms with E-state index < -0.39 is 0 Å². The maximum Gasteiger partial charge on any atom is 0.310 e. The molecule has 5 nitrogen and oxygen atoms in total. The molecule has 23 heavy (non-hydrogen) atoms. The van der Waals surface area contributed by atoms with Gasteiger partial charge in [0, 0.05) is 16.4 Å². The number of nitrogen functional groups attached to an aromatic ring is 1. The van der Waals surface area contributed by atoms with Gasteiger partial charge in [0.15, 0.2) is 0 Å². The predicted molar refractivity (Wildman–Crippen MR) is 90.6 cm³/mol. The number of anilines is 2. The monoisotopic (exact) mass is 332 g/mol. The molecule has 0 heterocycles. The molecule has 6 heteroatoms. The van der Waals surface area contributed by atoms with Crippen LogP contribution in [-0.2, 0) is 16.0 Å². The van der Waals surface area contributed by atoms with Crippen molar-refractivity contribution in [2.45, 2.75) is 13.3 Å². The normalized spacial score (nSPS) is 10.2. The number of carbonyl (C=O) groups is 2. The van der Waals surface area contributed by atoms with Gasteiger partial charge in [-0.05, 0) is 42.8 Å². The molecule has 2 aromatic rings. The van der Waals surface area contributed by atoms with Crippen molar-refractivity contribution in [2.24, 2.45) is 0 Å². The summed E-state index contributed by atoms with van der Waals surface area (Å²) in [5, 5.41) is 3.18. The van der Waals surface area contributed by atoms with Crippen LogP contribution in [0.4, 0.5) is 11.4 Å². The summed E-state index contributed by atoms with van der Waals surface area (Å²) in [6, 6.07) is 11.7. The van der Waals surface area contributed by atoms with Crippen LogP contribution >= 0.6 is 11.6 Å². The molecular formula is C17H17ClN2O3. The fourth-order valence-electron chi connectivity index (χ4n) is 2.01. The molecule has 0 saturated heterocycles. The Balaban J connectivity index is 2.04. The van der Waals surface area contributed by atoms with Gasteiger partial charge in [-0.15, -0.1) is 0 Å². The molecule has 0 aromatic heterocycles. The lowest BCUT2D eigenvalue weighted by molar-refractivity contribution is -0.142. The van der Waals surface area contributed by atoms with Gasteiger partial charge in [-0.1, -0.05) is 23.7 Å². The van der Waals surface area contributed by atoms with E-state index in [1.807, 2.05) is 0 Å². The Morgan fingerprint density at radius 3 is 2.52 bits per heavy atom. The number of rotatable bonds is 5. The van der Waals surface area contributed by atoms with Gasteiger partial charge >= 0.3 is 5.97 Å². The van der Waals surface area contributed by atoms with E-state index in [4.69, 9.17) is 22.1 Å². The van der Waals surface area contributed by atoms with E-state index in [1.54, 1.807) is 43.3 Å². The molecule has 0 aliphatic rings. The number of nitrogens with one attached hydrogen (secondary N) is 1. The highest BCUT2D eigenvalue weighted by Gasteiger charge is 2.11. The van der Waals surface area contributed by atoms with Gasteiger partial charge in [-0.3, -0.25) is 9.59 Å². The van der Waals surface area contributed by atoms with Crippen LogP contribution in [0.3, 0.4) is 0 Å². The van der Waals surface area contributed by atoms with Crippen LogP contribution in [-0.4, -0.2) is 18.5 Å². The molecule has 2 rings (SSSR count). The van der Waals surface area contributed by atoms with Crippen LogP contribution in [0.25, 0.3) is 0 Å². The Labute approximate surface area is 139 Å². The standard InChI is InChI=1S/C17H17ClN2O3/c1-2-23-16(21)9-11-3-6-13(7-4-11)20-17(22)14-10-12(18)5-8-15(14)19/h3-8,10H,2,9,19H2,1H3,(H,20,22). The molecule has 0 aliphatic carbocycles. The van der Waals surface area contributed by atoms with E-state index in [-0.39, 0.29) is 18.3 Å². The molecule has 120 valence electrons. The second-order valence-electron chi connectivity index (χ2n) is 4.86. The van der Waals surface area contributed by atoms with Gasteiger partial charge in [0.05, 0.1) is 18.6 Å². The van der Waals surface area contributed by atoms with Crippen molar-refractivity contribution < 1.29 is 14.3 Å². The summed E-state index contributed by atoms with van der Waals surface area (Å²) in [6.45, 7) is 2.12. The first-order valence-electron chi connectivity index (χ1n) is 7.10. The van der Waals surface area contributed by atoms with E-state index in [1.165, 1.54) is 6.07 Å². The summed E-state index contributed by atoms with van der Waals surface area (Å²) in [5.74, 6) is -0.626. The first-order valence-corrected chi connectivity index (χ1v) is 7.48. The quantitative estimate of drug-likeness (QED) is 0.650. The van der Waals surface area contributed by atoms with Crippen LogP contribution in [0.1, 0.15) is 22.8 Å². The van der Waals surface area contributed by atoms with Crippen molar-refractivity contribution in [3.63, 3.8) is 0 Å². The van der Waals surface area contributed by atoms with E-state index in [0.29, 0.717) is 28.6 Å². The van der Waals surface area contributed by atoms with Gasteiger partial charge in [-0.2, -0.15) is 0 Å². The number of hydrogen-bond acceptors (Lipinski definition) is 4. The predicted octanol–water partition coefficient (Wildman–Crippen LogP) is 3.28. The van der Waals surface area contributed by atoms with Crippen LogP contribution in [0.5, 0.6) is 0 Å². The second-order valence-corrected chi connectivity index (χ2v) is 5.30. The van der Waals surface area contributed by atoms with Gasteiger partial charge < -0.3 is 15.8 Å². The van der Waals surface area contributed by atoms with Crippen molar-refractivity contribution in [1.29, 1.82) is 0 Å². The molecule has 2 aromatic carbocycles. The first kappa shape index (κ1) is 16.8. The van der Waals surface area contributed by atoms with Crippen LogP contribution in [0, 0.1) is 0 Å². The lowest BCUT2D eigenvalue weighted by Crippen LogP contribution is -2.14. The Hall–Kier alpha value is -2.53. The van der Waals surface area contributed by atoms with Gasteiger partial charge in [0.2, 0.25) is 0 Å². The van der Waals surface area contributed by atoms with Gasteiger partial charge in [0.25, 0.3) is 5.91 Å². The highest BCUT2D eigenvalue weighted by Crippen LogP contribution is 2.20. The number of esters is 1. The Bertz CT molecular complexity index is 714.